The van der Waals surface area contributed by atoms with Gasteiger partial charge in [0.25, 0.3) is 0 Å². The average molecular weight is 406 g/mol. The topological polar surface area (TPSA) is 95.1 Å². The van der Waals surface area contributed by atoms with Crippen molar-refractivity contribution in [3.05, 3.63) is 35.9 Å². The normalized spacial score (nSPS) is 11.6. The van der Waals surface area contributed by atoms with Crippen molar-refractivity contribution in [3.8, 4) is 0 Å². The van der Waals surface area contributed by atoms with Gasteiger partial charge in [-0.25, -0.2) is 9.79 Å². The highest BCUT2D eigenvalue weighted by Gasteiger charge is 2.15. The van der Waals surface area contributed by atoms with Gasteiger partial charge >= 0.3 is 6.09 Å². The second kappa shape index (κ2) is 12.6. The monoisotopic (exact) mass is 405 g/mol. The number of nitrogens with zero attached hydrogens (tertiary/aromatic N) is 2. The molecule has 0 heterocycles. The largest absolute Gasteiger partial charge is 0.444 e. The van der Waals surface area contributed by atoms with Crippen molar-refractivity contribution in [2.24, 2.45) is 4.99 Å². The van der Waals surface area contributed by atoms with Gasteiger partial charge < -0.3 is 25.6 Å². The molecule has 0 aromatic heterocycles. The molecule has 2 amide bonds. The smallest absolute Gasteiger partial charge is 0.407 e. The molecule has 29 heavy (non-hydrogen) atoms. The number of ether oxygens (including phenoxy) is 1. The summed E-state index contributed by atoms with van der Waals surface area (Å²) in [6.45, 7) is 7.33. The van der Waals surface area contributed by atoms with Gasteiger partial charge in [0.1, 0.15) is 12.1 Å². The highest BCUT2D eigenvalue weighted by atomic mass is 16.6. The van der Waals surface area contributed by atoms with Gasteiger partial charge in [-0.15, -0.1) is 0 Å². The van der Waals surface area contributed by atoms with Crippen LogP contribution in [0.2, 0.25) is 0 Å². The first-order chi connectivity index (χ1) is 13.7. The molecule has 1 aromatic rings. The molecular weight excluding hydrogens is 370 g/mol. The summed E-state index contributed by atoms with van der Waals surface area (Å²) in [5, 5.41) is 9.17. The quantitative estimate of drug-likeness (QED) is 0.331. The molecule has 0 unspecified atom stereocenters. The van der Waals surface area contributed by atoms with Crippen LogP contribution in [0.15, 0.2) is 35.3 Å². The van der Waals surface area contributed by atoms with Gasteiger partial charge in [0.2, 0.25) is 5.91 Å². The third-order valence-corrected chi connectivity index (χ3v) is 3.73. The molecule has 0 aliphatic heterocycles. The molecule has 0 aliphatic carbocycles. The Morgan fingerprint density at radius 3 is 2.24 bits per heavy atom. The van der Waals surface area contributed by atoms with Crippen LogP contribution in [0.25, 0.3) is 0 Å². The fourth-order valence-corrected chi connectivity index (χ4v) is 2.23. The summed E-state index contributed by atoms with van der Waals surface area (Å²) >= 11 is 0. The number of aliphatic imine (C=N–C) groups is 1. The van der Waals surface area contributed by atoms with Crippen LogP contribution in [0.4, 0.5) is 4.79 Å². The van der Waals surface area contributed by atoms with E-state index >= 15 is 0 Å². The molecule has 0 aliphatic rings. The number of nitrogens with one attached hydrogen (secondary N) is 3. The van der Waals surface area contributed by atoms with E-state index in [2.05, 4.69) is 33.1 Å². The number of alkyl carbamates (subject to hydrolysis) is 1. The van der Waals surface area contributed by atoms with Crippen molar-refractivity contribution in [2.75, 3.05) is 40.3 Å². The summed E-state index contributed by atoms with van der Waals surface area (Å²) in [6, 6.07) is 10.2. The van der Waals surface area contributed by atoms with Crippen LogP contribution in [0, 0.1) is 0 Å². The Labute approximate surface area is 174 Å². The summed E-state index contributed by atoms with van der Waals surface area (Å²) in [6.07, 6.45) is 1.12. The van der Waals surface area contributed by atoms with Gasteiger partial charge in [-0.2, -0.15) is 0 Å². The van der Waals surface area contributed by atoms with Crippen molar-refractivity contribution < 1.29 is 14.3 Å². The highest BCUT2D eigenvalue weighted by Crippen LogP contribution is 2.06. The summed E-state index contributed by atoms with van der Waals surface area (Å²) < 4.78 is 5.20. The number of hydrogen-bond donors (Lipinski definition) is 3. The molecule has 0 saturated carbocycles. The Kier molecular flexibility index (Phi) is 10.6. The molecule has 3 N–H and O–H groups in total. The van der Waals surface area contributed by atoms with E-state index in [1.165, 1.54) is 10.5 Å². The Morgan fingerprint density at radius 2 is 1.62 bits per heavy atom. The van der Waals surface area contributed by atoms with Crippen LogP contribution in [0.5, 0.6) is 0 Å². The Morgan fingerprint density at radius 1 is 1.00 bits per heavy atom. The van der Waals surface area contributed by atoms with Crippen LogP contribution in [0.1, 0.15) is 32.8 Å². The second-order valence-corrected chi connectivity index (χ2v) is 7.82. The average Bonchev–Trinajstić information content (AvgIpc) is 2.64. The molecule has 0 radical (unpaired) electrons. The zero-order chi connectivity index (χ0) is 21.7. The summed E-state index contributed by atoms with van der Waals surface area (Å²) in [5.74, 6) is 0.508. The lowest BCUT2D eigenvalue weighted by Crippen LogP contribution is -2.41. The predicted molar refractivity (Wildman–Crippen MR) is 116 cm³/mol. The van der Waals surface area contributed by atoms with Crippen LogP contribution in [-0.4, -0.2) is 68.7 Å². The molecule has 162 valence electrons. The van der Waals surface area contributed by atoms with E-state index in [1.54, 1.807) is 14.1 Å². The first kappa shape index (κ1) is 24.3. The molecule has 1 rings (SSSR count). The van der Waals surface area contributed by atoms with E-state index < -0.39 is 11.7 Å². The highest BCUT2D eigenvalue weighted by molar-refractivity contribution is 5.84. The zero-order valence-electron chi connectivity index (χ0n) is 18.2. The molecule has 0 spiro atoms. The number of amides is 2. The SMILES string of the molecule is CN(C)C(=O)CN=C(NCCCNC(=O)OC(C)(C)C)NCCc1ccccc1. The number of likely N-dealkylation sites (N-methyl/N-ethyl adjacent to an activating group) is 1. The first-order valence-electron chi connectivity index (χ1n) is 9.90. The molecule has 8 heteroatoms. The summed E-state index contributed by atoms with van der Waals surface area (Å²) in [7, 11) is 3.41. The van der Waals surface area contributed by atoms with E-state index in [0.717, 1.165) is 6.42 Å². The van der Waals surface area contributed by atoms with E-state index in [9.17, 15) is 9.59 Å². The van der Waals surface area contributed by atoms with Crippen LogP contribution < -0.4 is 16.0 Å². The lowest BCUT2D eigenvalue weighted by atomic mass is 10.1. The van der Waals surface area contributed by atoms with Gasteiger partial charge in [-0.3, -0.25) is 4.79 Å². The first-order valence-corrected chi connectivity index (χ1v) is 9.90. The number of rotatable bonds is 9. The number of benzene rings is 1. The maximum atomic E-state index is 11.8. The fraction of sp³-hybridized carbons (Fsp3) is 0.571. The lowest BCUT2D eigenvalue weighted by molar-refractivity contribution is -0.127. The van der Waals surface area contributed by atoms with Gasteiger partial charge in [0.15, 0.2) is 5.96 Å². The number of carbonyl (C=O) groups excluding carboxylic acids is 2. The molecule has 0 saturated heterocycles. The standard InChI is InChI=1S/C21H35N5O3/c1-21(2,3)29-20(28)24-14-9-13-22-19(25-16-18(27)26(4)5)23-15-12-17-10-7-6-8-11-17/h6-8,10-11H,9,12-16H2,1-5H3,(H,24,28)(H2,22,23,25). The molecule has 0 bridgehead atoms. The third-order valence-electron chi connectivity index (χ3n) is 3.73. The molecule has 1 aromatic carbocycles. The van der Waals surface area contributed by atoms with Gasteiger partial charge in [0.05, 0.1) is 0 Å². The van der Waals surface area contributed by atoms with Crippen molar-refractivity contribution in [1.29, 1.82) is 0 Å². The summed E-state index contributed by atoms with van der Waals surface area (Å²) in [5.41, 5.74) is 0.717. The minimum atomic E-state index is -0.510. The third kappa shape index (κ3) is 12.3. The van der Waals surface area contributed by atoms with Crippen molar-refractivity contribution in [2.45, 2.75) is 39.2 Å². The second-order valence-electron chi connectivity index (χ2n) is 7.82. The Hall–Kier alpha value is -2.77. The number of guanidine groups is 1. The van der Waals surface area contributed by atoms with E-state index in [-0.39, 0.29) is 12.5 Å². The predicted octanol–water partition coefficient (Wildman–Crippen LogP) is 1.77. The fourth-order valence-electron chi connectivity index (χ4n) is 2.23. The minimum absolute atomic E-state index is 0.0687. The van der Waals surface area contributed by atoms with E-state index in [0.29, 0.717) is 32.0 Å². The molecule has 8 nitrogen and oxygen atoms in total. The molecule has 0 atom stereocenters. The maximum Gasteiger partial charge on any atom is 0.407 e. The number of carbonyl (C=O) groups is 2. The zero-order valence-corrected chi connectivity index (χ0v) is 18.2. The van der Waals surface area contributed by atoms with Crippen molar-refractivity contribution in [1.82, 2.24) is 20.9 Å². The molecular formula is C21H35N5O3. The minimum Gasteiger partial charge on any atom is -0.444 e. The van der Waals surface area contributed by atoms with Gasteiger partial charge in [-0.1, -0.05) is 30.3 Å². The Balaban J connectivity index is 2.42. The maximum absolute atomic E-state index is 11.8. The van der Waals surface area contributed by atoms with Crippen LogP contribution in [-0.2, 0) is 16.0 Å². The molecule has 0 fully saturated rings. The number of hydrogen-bond acceptors (Lipinski definition) is 4. The Bertz CT molecular complexity index is 654. The van der Waals surface area contributed by atoms with Crippen molar-refractivity contribution >= 4 is 18.0 Å². The van der Waals surface area contributed by atoms with Gasteiger partial charge in [0, 0.05) is 33.7 Å². The van der Waals surface area contributed by atoms with Crippen LogP contribution >= 0.6 is 0 Å². The van der Waals surface area contributed by atoms with Crippen LogP contribution in [0.3, 0.4) is 0 Å². The van der Waals surface area contributed by atoms with Gasteiger partial charge in [-0.05, 0) is 39.2 Å². The van der Waals surface area contributed by atoms with Crippen molar-refractivity contribution in [3.63, 3.8) is 0 Å². The van der Waals surface area contributed by atoms with E-state index in [1.807, 2.05) is 39.0 Å². The summed E-state index contributed by atoms with van der Waals surface area (Å²) in [4.78, 5) is 29.3. The van der Waals surface area contributed by atoms with E-state index in [4.69, 9.17) is 4.74 Å². The lowest BCUT2D eigenvalue weighted by Gasteiger charge is -2.19.